The van der Waals surface area contributed by atoms with Gasteiger partial charge in [0, 0.05) is 30.9 Å². The van der Waals surface area contributed by atoms with Crippen molar-refractivity contribution in [3.63, 3.8) is 0 Å². The lowest BCUT2D eigenvalue weighted by molar-refractivity contribution is -0.136. The number of aromatic nitrogens is 1. The number of ether oxygens (including phenoxy) is 1. The van der Waals surface area contributed by atoms with E-state index in [9.17, 15) is 22.7 Å². The zero-order chi connectivity index (χ0) is 20.3. The van der Waals surface area contributed by atoms with Crippen LogP contribution < -0.4 is 5.32 Å². The maximum absolute atomic E-state index is 13.4. The monoisotopic (exact) mass is 395 g/mol. The minimum Gasteiger partial charge on any atom is -0.494 e. The number of aromatic amines is 1. The first-order valence-electron chi connectivity index (χ1n) is 8.28. The quantitative estimate of drug-likeness (QED) is 0.318. The maximum atomic E-state index is 13.4. The highest BCUT2D eigenvalue weighted by atomic mass is 19.4. The van der Waals surface area contributed by atoms with E-state index in [0.717, 1.165) is 6.07 Å². The van der Waals surface area contributed by atoms with Gasteiger partial charge in [0.15, 0.2) is 5.88 Å². The largest absolute Gasteiger partial charge is 0.494 e. The fraction of sp³-hybridized carbons (Fsp3) is 0.211. The van der Waals surface area contributed by atoms with Gasteiger partial charge in [0.25, 0.3) is 0 Å². The van der Waals surface area contributed by atoms with Crippen molar-refractivity contribution in [2.45, 2.75) is 6.18 Å². The third-order valence-electron chi connectivity index (χ3n) is 4.05. The summed E-state index contributed by atoms with van der Waals surface area (Å²) >= 11 is 0. The Kier molecular flexibility index (Phi) is 5.55. The molecule has 0 spiro atoms. The van der Waals surface area contributed by atoms with Gasteiger partial charge in [-0.15, -0.1) is 0 Å². The normalized spacial score (nSPS) is 12.2. The molecular weight excluding hydrogens is 378 g/mol. The van der Waals surface area contributed by atoms with Gasteiger partial charge in [0.1, 0.15) is 5.82 Å². The standard InChI is InChI=1S/C19H17F4N3O2/c1-28-7-6-24-16-5-3-12(9-15(16)19(21,22)23)25-10-14-13-4-2-11(20)8-17(13)26-18(14)27/h2-5,8-10,24,26-27H,6-7H2,1H3. The third-order valence-corrected chi connectivity index (χ3v) is 4.05. The zero-order valence-electron chi connectivity index (χ0n) is 14.8. The van der Waals surface area contributed by atoms with E-state index < -0.39 is 17.6 Å². The van der Waals surface area contributed by atoms with Crippen molar-refractivity contribution in [3.8, 4) is 5.88 Å². The van der Waals surface area contributed by atoms with Crippen LogP contribution in [0.25, 0.3) is 10.9 Å². The molecule has 3 aromatic rings. The maximum Gasteiger partial charge on any atom is 0.418 e. The molecule has 0 aliphatic rings. The molecule has 28 heavy (non-hydrogen) atoms. The fourth-order valence-electron chi connectivity index (χ4n) is 2.74. The van der Waals surface area contributed by atoms with Crippen LogP contribution in [0, 0.1) is 5.82 Å². The Morgan fingerprint density at radius 2 is 2.00 bits per heavy atom. The fourth-order valence-corrected chi connectivity index (χ4v) is 2.74. The first-order chi connectivity index (χ1) is 13.3. The minimum absolute atomic E-state index is 0.0560. The van der Waals surface area contributed by atoms with Crippen LogP contribution in [0.4, 0.5) is 28.9 Å². The molecule has 1 heterocycles. The molecule has 0 amide bonds. The minimum atomic E-state index is -4.57. The molecule has 148 valence electrons. The second-order valence-corrected chi connectivity index (χ2v) is 5.98. The van der Waals surface area contributed by atoms with Crippen LogP contribution in [-0.2, 0) is 10.9 Å². The summed E-state index contributed by atoms with van der Waals surface area (Å²) in [6, 6.07) is 7.50. The molecule has 0 radical (unpaired) electrons. The molecule has 1 aromatic heterocycles. The number of methoxy groups -OCH3 is 1. The molecule has 5 nitrogen and oxygen atoms in total. The Balaban J connectivity index is 1.93. The molecule has 0 atom stereocenters. The average Bonchev–Trinajstić information content (AvgIpc) is 2.94. The number of nitrogens with one attached hydrogen (secondary N) is 2. The predicted molar refractivity (Wildman–Crippen MR) is 99.0 cm³/mol. The molecule has 9 heteroatoms. The van der Waals surface area contributed by atoms with Gasteiger partial charge in [-0.25, -0.2) is 4.39 Å². The number of alkyl halides is 3. The molecule has 0 saturated heterocycles. The highest BCUT2D eigenvalue weighted by Gasteiger charge is 2.33. The molecule has 0 aliphatic heterocycles. The van der Waals surface area contributed by atoms with Crippen molar-refractivity contribution in [1.82, 2.24) is 4.98 Å². The number of aliphatic imine (C=N–C) groups is 1. The topological polar surface area (TPSA) is 69.6 Å². The van der Waals surface area contributed by atoms with Gasteiger partial charge in [0.05, 0.1) is 28.9 Å². The molecule has 3 rings (SSSR count). The summed E-state index contributed by atoms with van der Waals surface area (Å²) in [7, 11) is 1.46. The van der Waals surface area contributed by atoms with Crippen molar-refractivity contribution in [2.75, 3.05) is 25.6 Å². The smallest absolute Gasteiger partial charge is 0.418 e. The molecule has 0 fully saturated rings. The summed E-state index contributed by atoms with van der Waals surface area (Å²) in [6.45, 7) is 0.486. The number of hydrogen-bond acceptors (Lipinski definition) is 4. The number of fused-ring (bicyclic) bond motifs is 1. The van der Waals surface area contributed by atoms with E-state index in [0.29, 0.717) is 10.9 Å². The lowest BCUT2D eigenvalue weighted by Gasteiger charge is -2.15. The van der Waals surface area contributed by atoms with Crippen LogP contribution in [0.2, 0.25) is 0 Å². The van der Waals surface area contributed by atoms with Crippen LogP contribution in [0.3, 0.4) is 0 Å². The van der Waals surface area contributed by atoms with Crippen molar-refractivity contribution in [3.05, 3.63) is 53.3 Å². The van der Waals surface area contributed by atoms with Gasteiger partial charge in [-0.2, -0.15) is 13.2 Å². The number of nitrogens with zero attached hydrogens (tertiary/aromatic N) is 1. The summed E-state index contributed by atoms with van der Waals surface area (Å²) < 4.78 is 58.2. The molecule has 0 bridgehead atoms. The lowest BCUT2D eigenvalue weighted by atomic mass is 10.1. The number of benzene rings is 2. The third kappa shape index (κ3) is 4.25. The summed E-state index contributed by atoms with van der Waals surface area (Å²) in [4.78, 5) is 6.64. The predicted octanol–water partition coefficient (Wildman–Crippen LogP) is 4.84. The average molecular weight is 395 g/mol. The van der Waals surface area contributed by atoms with Crippen LogP contribution in [0.15, 0.2) is 41.4 Å². The number of halogens is 4. The van der Waals surface area contributed by atoms with Crippen molar-refractivity contribution >= 4 is 28.5 Å². The van der Waals surface area contributed by atoms with E-state index in [4.69, 9.17) is 4.74 Å². The molecule has 3 N–H and O–H groups in total. The molecule has 0 unspecified atom stereocenters. The van der Waals surface area contributed by atoms with E-state index >= 15 is 0 Å². The Morgan fingerprint density at radius 1 is 1.21 bits per heavy atom. The van der Waals surface area contributed by atoms with E-state index in [2.05, 4.69) is 15.3 Å². The summed E-state index contributed by atoms with van der Waals surface area (Å²) in [5, 5.41) is 13.2. The number of rotatable bonds is 6. The van der Waals surface area contributed by atoms with Crippen LogP contribution in [0.5, 0.6) is 5.88 Å². The molecule has 0 aliphatic carbocycles. The van der Waals surface area contributed by atoms with Gasteiger partial charge in [-0.05, 0) is 36.4 Å². The second kappa shape index (κ2) is 7.89. The van der Waals surface area contributed by atoms with Gasteiger partial charge in [-0.3, -0.25) is 4.99 Å². The summed E-state index contributed by atoms with van der Waals surface area (Å²) in [6.07, 6.45) is -3.33. The first-order valence-corrected chi connectivity index (χ1v) is 8.28. The van der Waals surface area contributed by atoms with Crippen molar-refractivity contribution in [2.24, 2.45) is 4.99 Å². The van der Waals surface area contributed by atoms with Gasteiger partial charge in [-0.1, -0.05) is 0 Å². The number of H-pyrrole nitrogens is 1. The lowest BCUT2D eigenvalue weighted by Crippen LogP contribution is -2.13. The van der Waals surface area contributed by atoms with Crippen LogP contribution in [0.1, 0.15) is 11.1 Å². The Bertz CT molecular complexity index is 1010. The van der Waals surface area contributed by atoms with E-state index in [1.165, 1.54) is 43.7 Å². The second-order valence-electron chi connectivity index (χ2n) is 5.98. The van der Waals surface area contributed by atoms with Crippen LogP contribution in [-0.4, -0.2) is 36.6 Å². The molecule has 0 saturated carbocycles. The number of aromatic hydroxyl groups is 1. The van der Waals surface area contributed by atoms with E-state index in [-0.39, 0.29) is 36.0 Å². The zero-order valence-corrected chi connectivity index (χ0v) is 14.8. The van der Waals surface area contributed by atoms with E-state index in [1.54, 1.807) is 0 Å². The first kappa shape index (κ1) is 19.7. The van der Waals surface area contributed by atoms with Gasteiger partial charge < -0.3 is 20.1 Å². The molecule has 2 aromatic carbocycles. The highest BCUT2D eigenvalue weighted by Crippen LogP contribution is 2.37. The van der Waals surface area contributed by atoms with Crippen LogP contribution >= 0.6 is 0 Å². The Hall–Kier alpha value is -3.07. The number of hydrogen-bond donors (Lipinski definition) is 3. The summed E-state index contributed by atoms with van der Waals surface area (Å²) in [5.41, 5.74) is -0.267. The number of anilines is 1. The Labute approximate surface area is 157 Å². The SMILES string of the molecule is COCCNc1ccc(N=Cc2c(O)[nH]c3cc(F)ccc23)cc1C(F)(F)F. The van der Waals surface area contributed by atoms with Crippen molar-refractivity contribution in [1.29, 1.82) is 0 Å². The highest BCUT2D eigenvalue weighted by molar-refractivity contribution is 6.02. The Morgan fingerprint density at radius 3 is 2.71 bits per heavy atom. The van der Waals surface area contributed by atoms with Crippen molar-refractivity contribution < 1.29 is 27.4 Å². The van der Waals surface area contributed by atoms with E-state index in [1.807, 2.05) is 0 Å². The van der Waals surface area contributed by atoms with Gasteiger partial charge >= 0.3 is 6.18 Å². The molecular formula is C19H17F4N3O2. The van der Waals surface area contributed by atoms with Gasteiger partial charge in [0.2, 0.25) is 0 Å². The summed E-state index contributed by atoms with van der Waals surface area (Å²) in [5.74, 6) is -0.734.